The number of fused-ring (bicyclic) bond motifs is 1. The lowest BCUT2D eigenvalue weighted by Gasteiger charge is -2.09. The van der Waals surface area contributed by atoms with Crippen molar-refractivity contribution in [1.82, 2.24) is 14.8 Å². The summed E-state index contributed by atoms with van der Waals surface area (Å²) in [6.45, 7) is 5.44. The minimum Gasteiger partial charge on any atom is -0.466 e. The highest BCUT2D eigenvalue weighted by Crippen LogP contribution is 2.36. The normalized spacial score (nSPS) is 11.8. The third-order valence-corrected chi connectivity index (χ3v) is 5.14. The second kappa shape index (κ2) is 12.0. The maximum atomic E-state index is 12.2. The molecule has 1 N–H and O–H groups in total. The molecule has 2 heterocycles. The number of aromatic nitrogens is 3. The quantitative estimate of drug-likeness (QED) is 0.297. The third kappa shape index (κ3) is 6.30. The molecule has 1 aromatic heterocycles. The maximum absolute atomic E-state index is 12.2. The summed E-state index contributed by atoms with van der Waals surface area (Å²) in [5.41, 5.74) is 2.06. The van der Waals surface area contributed by atoms with E-state index in [1.807, 2.05) is 25.1 Å². The number of rotatable bonds is 12. The summed E-state index contributed by atoms with van der Waals surface area (Å²) < 4.78 is 28.4. The molecule has 0 saturated carbocycles. The number of nitrogens with one attached hydrogen (secondary N) is 1. The largest absolute Gasteiger partial charge is 0.466 e. The van der Waals surface area contributed by atoms with Gasteiger partial charge in [0, 0.05) is 24.3 Å². The van der Waals surface area contributed by atoms with Crippen LogP contribution < -0.4 is 19.5 Å². The summed E-state index contributed by atoms with van der Waals surface area (Å²) in [5, 5.41) is 7.30. The highest BCUT2D eigenvalue weighted by molar-refractivity contribution is 5.92. The molecule has 190 valence electrons. The van der Waals surface area contributed by atoms with Crippen LogP contribution in [0.1, 0.15) is 26.7 Å². The SMILES string of the molecule is CCOCCOc1nc(-c2ccc3c(c2)OCO3)n(-c2ccc(NC(=O)CCC(=O)OCC)cc2)n1. The second-order valence-electron chi connectivity index (χ2n) is 7.64. The number of carbonyl (C=O) groups excluding carboxylic acids is 2. The molecule has 0 unspecified atom stereocenters. The van der Waals surface area contributed by atoms with E-state index in [1.54, 1.807) is 35.9 Å². The molecule has 0 atom stereocenters. The monoisotopic (exact) mass is 496 g/mol. The summed E-state index contributed by atoms with van der Waals surface area (Å²) >= 11 is 0. The van der Waals surface area contributed by atoms with Gasteiger partial charge in [-0.1, -0.05) is 0 Å². The Morgan fingerprint density at radius 2 is 1.81 bits per heavy atom. The zero-order valence-electron chi connectivity index (χ0n) is 20.2. The fourth-order valence-electron chi connectivity index (χ4n) is 3.45. The second-order valence-corrected chi connectivity index (χ2v) is 7.64. The van der Waals surface area contributed by atoms with Crippen molar-refractivity contribution in [2.75, 3.05) is 38.5 Å². The fourth-order valence-corrected chi connectivity index (χ4v) is 3.45. The number of amides is 1. The van der Waals surface area contributed by atoms with Crippen molar-refractivity contribution in [3.8, 4) is 34.6 Å². The average molecular weight is 497 g/mol. The molecular formula is C25H28N4O7. The number of hydrogen-bond acceptors (Lipinski definition) is 9. The van der Waals surface area contributed by atoms with Gasteiger partial charge in [0.2, 0.25) is 12.7 Å². The van der Waals surface area contributed by atoms with Gasteiger partial charge in [0.15, 0.2) is 17.3 Å². The number of hydrogen-bond donors (Lipinski definition) is 1. The van der Waals surface area contributed by atoms with Gasteiger partial charge < -0.3 is 29.0 Å². The van der Waals surface area contributed by atoms with Crippen LogP contribution in [-0.4, -0.2) is 59.9 Å². The van der Waals surface area contributed by atoms with Crippen LogP contribution in [0.3, 0.4) is 0 Å². The zero-order valence-corrected chi connectivity index (χ0v) is 20.2. The summed E-state index contributed by atoms with van der Waals surface area (Å²) in [7, 11) is 0. The Bertz CT molecular complexity index is 1190. The molecular weight excluding hydrogens is 468 g/mol. The molecule has 1 amide bonds. The van der Waals surface area contributed by atoms with Crippen molar-refractivity contribution in [2.24, 2.45) is 0 Å². The zero-order chi connectivity index (χ0) is 25.3. The van der Waals surface area contributed by atoms with Crippen molar-refractivity contribution < 1.29 is 33.3 Å². The van der Waals surface area contributed by atoms with E-state index in [2.05, 4.69) is 15.4 Å². The number of esters is 1. The van der Waals surface area contributed by atoms with Crippen LogP contribution in [0, 0.1) is 0 Å². The van der Waals surface area contributed by atoms with Crippen molar-refractivity contribution in [2.45, 2.75) is 26.7 Å². The van der Waals surface area contributed by atoms with E-state index >= 15 is 0 Å². The van der Waals surface area contributed by atoms with Crippen LogP contribution in [0.2, 0.25) is 0 Å². The van der Waals surface area contributed by atoms with E-state index in [4.69, 9.17) is 23.7 Å². The van der Waals surface area contributed by atoms with Gasteiger partial charge in [0.05, 0.1) is 25.3 Å². The summed E-state index contributed by atoms with van der Waals surface area (Å²) in [4.78, 5) is 28.2. The van der Waals surface area contributed by atoms with Gasteiger partial charge in [0.1, 0.15) is 6.61 Å². The molecule has 11 nitrogen and oxygen atoms in total. The minimum atomic E-state index is -0.399. The van der Waals surface area contributed by atoms with Crippen molar-refractivity contribution in [1.29, 1.82) is 0 Å². The molecule has 11 heteroatoms. The highest BCUT2D eigenvalue weighted by atomic mass is 16.7. The van der Waals surface area contributed by atoms with Crippen LogP contribution in [0.4, 0.5) is 5.69 Å². The molecule has 0 saturated heterocycles. The van der Waals surface area contributed by atoms with Gasteiger partial charge in [-0.15, -0.1) is 5.10 Å². The first kappa shape index (κ1) is 25.0. The Morgan fingerprint density at radius 1 is 1.00 bits per heavy atom. The van der Waals surface area contributed by atoms with Gasteiger partial charge >= 0.3 is 12.0 Å². The van der Waals surface area contributed by atoms with E-state index in [9.17, 15) is 9.59 Å². The number of carbonyl (C=O) groups is 2. The number of nitrogens with zero attached hydrogens (tertiary/aromatic N) is 3. The first-order chi connectivity index (χ1) is 17.6. The van der Waals surface area contributed by atoms with Crippen molar-refractivity contribution in [3.63, 3.8) is 0 Å². The Hall–Kier alpha value is -4.12. The molecule has 0 spiro atoms. The Morgan fingerprint density at radius 3 is 2.58 bits per heavy atom. The first-order valence-electron chi connectivity index (χ1n) is 11.7. The fraction of sp³-hybridized carbons (Fsp3) is 0.360. The van der Waals surface area contributed by atoms with Crippen LogP contribution in [0.5, 0.6) is 17.5 Å². The minimum absolute atomic E-state index is 0.0294. The van der Waals surface area contributed by atoms with Gasteiger partial charge in [-0.2, -0.15) is 4.98 Å². The first-order valence-corrected chi connectivity index (χ1v) is 11.7. The van der Waals surface area contributed by atoms with Gasteiger partial charge in [0.25, 0.3) is 0 Å². The van der Waals surface area contributed by atoms with Crippen molar-refractivity contribution >= 4 is 17.6 Å². The molecule has 36 heavy (non-hydrogen) atoms. The maximum Gasteiger partial charge on any atom is 0.336 e. The van der Waals surface area contributed by atoms with Crippen LogP contribution in [-0.2, 0) is 19.1 Å². The number of ether oxygens (including phenoxy) is 5. The molecule has 2 aromatic carbocycles. The summed E-state index contributed by atoms with van der Waals surface area (Å²) in [6, 6.07) is 12.8. The molecule has 0 bridgehead atoms. The van der Waals surface area contributed by atoms with Crippen LogP contribution in [0.25, 0.3) is 17.1 Å². The smallest absolute Gasteiger partial charge is 0.336 e. The predicted molar refractivity (Wildman–Crippen MR) is 129 cm³/mol. The van der Waals surface area contributed by atoms with E-state index in [0.29, 0.717) is 48.5 Å². The summed E-state index contributed by atoms with van der Waals surface area (Å²) in [6.07, 6.45) is 0.0715. The average Bonchev–Trinajstić information content (AvgIpc) is 3.53. The van der Waals surface area contributed by atoms with Gasteiger partial charge in [-0.05, 0) is 56.3 Å². The molecule has 1 aliphatic heterocycles. The lowest BCUT2D eigenvalue weighted by atomic mass is 10.2. The molecule has 0 aliphatic carbocycles. The number of anilines is 1. The standard InChI is InChI=1S/C25H28N4O7/c1-3-32-13-14-34-25-27-24(17-5-10-20-21(15-17)36-16-35-20)29(28-25)19-8-6-18(7-9-19)26-22(30)11-12-23(31)33-4-2/h5-10,15H,3-4,11-14,16H2,1-2H3,(H,26,30). The predicted octanol–water partition coefficient (Wildman–Crippen LogP) is 3.36. The molecule has 4 rings (SSSR count). The van der Waals surface area contributed by atoms with E-state index in [1.165, 1.54) is 0 Å². The molecule has 0 radical (unpaired) electrons. The number of benzene rings is 2. The Balaban J connectivity index is 1.52. The Kier molecular flexibility index (Phi) is 8.35. The van der Waals surface area contributed by atoms with E-state index in [-0.39, 0.29) is 38.2 Å². The van der Waals surface area contributed by atoms with Crippen LogP contribution >= 0.6 is 0 Å². The third-order valence-electron chi connectivity index (χ3n) is 5.14. The lowest BCUT2D eigenvalue weighted by Crippen LogP contribution is -2.14. The van der Waals surface area contributed by atoms with Gasteiger partial charge in [-0.25, -0.2) is 4.68 Å². The highest BCUT2D eigenvalue weighted by Gasteiger charge is 2.19. The topological polar surface area (TPSA) is 123 Å². The van der Waals surface area contributed by atoms with Gasteiger partial charge in [-0.3, -0.25) is 9.59 Å². The lowest BCUT2D eigenvalue weighted by molar-refractivity contribution is -0.144. The van der Waals surface area contributed by atoms with E-state index in [0.717, 1.165) is 5.56 Å². The molecule has 1 aliphatic rings. The summed E-state index contributed by atoms with van der Waals surface area (Å²) in [5.74, 6) is 1.17. The van der Waals surface area contributed by atoms with E-state index < -0.39 is 5.97 Å². The van der Waals surface area contributed by atoms with Crippen LogP contribution in [0.15, 0.2) is 42.5 Å². The van der Waals surface area contributed by atoms with Crippen molar-refractivity contribution in [3.05, 3.63) is 42.5 Å². The molecule has 0 fully saturated rings. The Labute approximate surface area is 208 Å². The molecule has 3 aromatic rings.